The number of hydrogen-bond acceptors (Lipinski definition) is 6. The summed E-state index contributed by atoms with van der Waals surface area (Å²) in [4.78, 5) is 38.1. The number of halogens is 3. The molecule has 0 heterocycles. The second-order valence-corrected chi connectivity index (χ2v) is 8.11. The molecule has 0 aliphatic heterocycles. The van der Waals surface area contributed by atoms with Gasteiger partial charge >= 0.3 is 18.1 Å². The molecule has 2 aliphatic carbocycles. The quantitative estimate of drug-likeness (QED) is 0.656. The summed E-state index contributed by atoms with van der Waals surface area (Å²) in [6.07, 6.45) is -4.65. The lowest BCUT2D eigenvalue weighted by Gasteiger charge is -2.32. The molecule has 0 aromatic heterocycles. The number of nitrogens with two attached hydrogens (primary N) is 1. The monoisotopic (exact) mass is 442 g/mol. The van der Waals surface area contributed by atoms with Gasteiger partial charge in [-0.25, -0.2) is 0 Å². The van der Waals surface area contributed by atoms with E-state index < -0.39 is 58.3 Å². The van der Waals surface area contributed by atoms with Crippen molar-refractivity contribution in [3.05, 3.63) is 29.8 Å². The molecule has 10 heteroatoms. The van der Waals surface area contributed by atoms with Gasteiger partial charge in [-0.15, -0.1) is 0 Å². The Morgan fingerprint density at radius 2 is 1.84 bits per heavy atom. The molecule has 3 rings (SSSR count). The minimum absolute atomic E-state index is 0.0412. The highest BCUT2D eigenvalue weighted by molar-refractivity contribution is 5.98. The maximum absolute atomic E-state index is 13.0. The van der Waals surface area contributed by atoms with Crippen LogP contribution < -0.4 is 11.1 Å². The molecule has 0 radical (unpaired) electrons. The highest BCUT2D eigenvalue weighted by Crippen LogP contribution is 2.74. The maximum Gasteiger partial charge on any atom is 0.416 e. The molecule has 0 spiro atoms. The van der Waals surface area contributed by atoms with Crippen molar-refractivity contribution >= 4 is 23.5 Å². The van der Waals surface area contributed by atoms with Crippen LogP contribution >= 0.6 is 0 Å². The SMILES string of the molecule is CCOC(=O)[C@@H]1[C@@H]2[C@@H](C(=O)Nc3cccc(C(F)(F)F)c3)C[C@](N)(C(=O)OCC)[C@@]21C. The van der Waals surface area contributed by atoms with Crippen LogP contribution in [0.1, 0.15) is 32.8 Å². The van der Waals surface area contributed by atoms with Crippen molar-refractivity contribution in [3.8, 4) is 0 Å². The summed E-state index contributed by atoms with van der Waals surface area (Å²) >= 11 is 0. The predicted molar refractivity (Wildman–Crippen MR) is 103 cm³/mol. The Kier molecular flexibility index (Phi) is 5.81. The standard InChI is InChI=1S/C21H25F3N2O5/c1-4-30-17(28)15-14-13(10-20(25,19(14,15)3)18(29)31-5-2)16(27)26-12-8-6-7-11(9-12)21(22,23)24/h6-9,13-15H,4-5,10,25H2,1-3H3,(H,26,27)/t13-,14-,15-,19-,20-/m0/s1. The molecule has 1 aromatic rings. The molecule has 170 valence electrons. The second-order valence-electron chi connectivity index (χ2n) is 8.11. The molecule has 31 heavy (non-hydrogen) atoms. The number of benzene rings is 1. The number of esters is 2. The normalized spacial score (nSPS) is 31.5. The topological polar surface area (TPSA) is 108 Å². The van der Waals surface area contributed by atoms with E-state index in [9.17, 15) is 27.6 Å². The van der Waals surface area contributed by atoms with E-state index in [1.165, 1.54) is 12.1 Å². The molecule has 2 fully saturated rings. The van der Waals surface area contributed by atoms with Crippen molar-refractivity contribution in [2.24, 2.45) is 28.9 Å². The van der Waals surface area contributed by atoms with Gasteiger partial charge in [0.2, 0.25) is 5.91 Å². The van der Waals surface area contributed by atoms with Gasteiger partial charge in [-0.05, 0) is 44.4 Å². The van der Waals surface area contributed by atoms with E-state index in [1.54, 1.807) is 20.8 Å². The Morgan fingerprint density at radius 1 is 1.19 bits per heavy atom. The van der Waals surface area contributed by atoms with Crippen LogP contribution in [0.2, 0.25) is 0 Å². The lowest BCUT2D eigenvalue weighted by atomic mass is 9.80. The first-order chi connectivity index (χ1) is 14.4. The number of rotatable bonds is 6. The van der Waals surface area contributed by atoms with Crippen LogP contribution in [-0.2, 0) is 30.0 Å². The molecular weight excluding hydrogens is 417 g/mol. The molecule has 0 bridgehead atoms. The average molecular weight is 442 g/mol. The molecule has 0 unspecified atom stereocenters. The van der Waals surface area contributed by atoms with Crippen molar-refractivity contribution < 1.29 is 37.0 Å². The number of alkyl halides is 3. The summed E-state index contributed by atoms with van der Waals surface area (Å²) in [5, 5.41) is 2.47. The summed E-state index contributed by atoms with van der Waals surface area (Å²) in [5.74, 6) is -4.14. The van der Waals surface area contributed by atoms with E-state index in [4.69, 9.17) is 15.2 Å². The fourth-order valence-electron chi connectivity index (χ4n) is 4.92. The van der Waals surface area contributed by atoms with E-state index >= 15 is 0 Å². The Labute approximate surface area is 177 Å². The summed E-state index contributed by atoms with van der Waals surface area (Å²) in [6.45, 7) is 5.09. The first-order valence-corrected chi connectivity index (χ1v) is 10.0. The Morgan fingerprint density at radius 3 is 2.42 bits per heavy atom. The largest absolute Gasteiger partial charge is 0.466 e. The third-order valence-electron chi connectivity index (χ3n) is 6.50. The van der Waals surface area contributed by atoms with Crippen LogP contribution in [0.15, 0.2) is 24.3 Å². The lowest BCUT2D eigenvalue weighted by molar-refractivity contribution is -0.154. The van der Waals surface area contributed by atoms with E-state index in [0.717, 1.165) is 12.1 Å². The van der Waals surface area contributed by atoms with Gasteiger partial charge in [0.05, 0.1) is 24.7 Å². The number of hydrogen-bond donors (Lipinski definition) is 2. The van der Waals surface area contributed by atoms with Crippen LogP contribution in [-0.4, -0.2) is 36.6 Å². The van der Waals surface area contributed by atoms with Gasteiger partial charge in [0.25, 0.3) is 0 Å². The molecule has 1 amide bonds. The van der Waals surface area contributed by atoms with Gasteiger partial charge in [0.1, 0.15) is 5.54 Å². The number of carbonyl (C=O) groups is 3. The zero-order valence-electron chi connectivity index (χ0n) is 17.4. The molecule has 2 saturated carbocycles. The predicted octanol–water partition coefficient (Wildman–Crippen LogP) is 2.74. The zero-order valence-corrected chi connectivity index (χ0v) is 17.4. The van der Waals surface area contributed by atoms with Crippen molar-refractivity contribution in [1.82, 2.24) is 0 Å². The Hall–Kier alpha value is -2.62. The van der Waals surface area contributed by atoms with Crippen LogP contribution in [0.3, 0.4) is 0 Å². The first kappa shape index (κ1) is 23.1. The number of ether oxygens (including phenoxy) is 2. The molecule has 5 atom stereocenters. The number of fused-ring (bicyclic) bond motifs is 1. The van der Waals surface area contributed by atoms with Crippen molar-refractivity contribution in [1.29, 1.82) is 0 Å². The number of carbonyl (C=O) groups excluding carboxylic acids is 3. The minimum atomic E-state index is -4.56. The summed E-state index contributed by atoms with van der Waals surface area (Å²) in [7, 11) is 0. The van der Waals surface area contributed by atoms with E-state index in [2.05, 4.69) is 5.32 Å². The van der Waals surface area contributed by atoms with Gasteiger partial charge in [-0.3, -0.25) is 14.4 Å². The molecule has 3 N–H and O–H groups in total. The smallest absolute Gasteiger partial charge is 0.416 e. The van der Waals surface area contributed by atoms with Crippen LogP contribution in [0.4, 0.5) is 18.9 Å². The minimum Gasteiger partial charge on any atom is -0.466 e. The average Bonchev–Trinajstić information content (AvgIpc) is 3.25. The highest BCUT2D eigenvalue weighted by atomic mass is 19.4. The van der Waals surface area contributed by atoms with Gasteiger partial charge in [-0.1, -0.05) is 13.0 Å². The van der Waals surface area contributed by atoms with Gasteiger partial charge in [0.15, 0.2) is 0 Å². The van der Waals surface area contributed by atoms with E-state index in [1.807, 2.05) is 0 Å². The summed E-state index contributed by atoms with van der Waals surface area (Å²) in [6, 6.07) is 4.23. The van der Waals surface area contributed by atoms with Gasteiger partial charge in [0, 0.05) is 17.0 Å². The fraction of sp³-hybridized carbons (Fsp3) is 0.571. The Bertz CT molecular complexity index is 905. The van der Waals surface area contributed by atoms with Gasteiger partial charge in [-0.2, -0.15) is 13.2 Å². The van der Waals surface area contributed by atoms with Crippen molar-refractivity contribution in [2.45, 2.75) is 38.9 Å². The number of amides is 1. The maximum atomic E-state index is 13.0. The molecule has 2 aliphatic rings. The highest BCUT2D eigenvalue weighted by Gasteiger charge is 2.83. The van der Waals surface area contributed by atoms with E-state index in [0.29, 0.717) is 0 Å². The number of anilines is 1. The fourth-order valence-corrected chi connectivity index (χ4v) is 4.92. The molecule has 7 nitrogen and oxygen atoms in total. The van der Waals surface area contributed by atoms with Crippen LogP contribution in [0.25, 0.3) is 0 Å². The Balaban J connectivity index is 1.88. The zero-order chi connectivity index (χ0) is 23.2. The van der Waals surface area contributed by atoms with Crippen molar-refractivity contribution in [2.75, 3.05) is 18.5 Å². The van der Waals surface area contributed by atoms with Crippen molar-refractivity contribution in [3.63, 3.8) is 0 Å². The summed E-state index contributed by atoms with van der Waals surface area (Å²) in [5.41, 5.74) is 2.83. The van der Waals surface area contributed by atoms with E-state index in [-0.39, 0.29) is 25.3 Å². The van der Waals surface area contributed by atoms with Crippen LogP contribution in [0, 0.1) is 23.2 Å². The lowest BCUT2D eigenvalue weighted by Crippen LogP contribution is -2.56. The van der Waals surface area contributed by atoms with Gasteiger partial charge < -0.3 is 20.5 Å². The molecular formula is C21H25F3N2O5. The first-order valence-electron chi connectivity index (χ1n) is 10.0. The summed E-state index contributed by atoms with van der Waals surface area (Å²) < 4.78 is 49.1. The number of nitrogens with one attached hydrogen (secondary N) is 1. The second kappa shape index (κ2) is 7.81. The van der Waals surface area contributed by atoms with Crippen LogP contribution in [0.5, 0.6) is 0 Å². The third kappa shape index (κ3) is 3.66. The molecule has 0 saturated heterocycles. The molecule has 1 aromatic carbocycles. The third-order valence-corrected chi connectivity index (χ3v) is 6.50.